The standard InChI is InChI=1S/C31H46O3/c1-22(2)12-9-13-23(3)14-10-15-24(4)16-11-17-25(5)20-21-31-29(33)27-19-8-7-18-26(27)28(32)30(31,6)34-31/h7-8,18-20,22-24H,9-17,21H2,1-6H3/b25-20+/t23-,24+,30+,31+/m0/s1. The van der Waals surface area contributed by atoms with Crippen LogP contribution in [0.2, 0.25) is 0 Å². The third-order valence-electron chi connectivity index (χ3n) is 8.20. The fraction of sp³-hybridized carbons (Fsp3) is 0.677. The second-order valence-corrected chi connectivity index (χ2v) is 11.8. The van der Waals surface area contributed by atoms with Gasteiger partial charge in [0, 0.05) is 17.5 Å². The quantitative estimate of drug-likeness (QED) is 0.204. The van der Waals surface area contributed by atoms with Crippen molar-refractivity contribution in [3.05, 3.63) is 47.0 Å². The van der Waals surface area contributed by atoms with Crippen LogP contribution >= 0.6 is 0 Å². The zero-order valence-electron chi connectivity index (χ0n) is 22.4. The molecule has 1 aliphatic heterocycles. The van der Waals surface area contributed by atoms with E-state index in [4.69, 9.17) is 4.74 Å². The Hall–Kier alpha value is -1.74. The molecule has 0 unspecified atom stereocenters. The summed E-state index contributed by atoms with van der Waals surface area (Å²) in [7, 11) is 0. The molecule has 1 aromatic carbocycles. The summed E-state index contributed by atoms with van der Waals surface area (Å²) in [5.74, 6) is 2.34. The molecule has 3 nitrogen and oxygen atoms in total. The molecule has 4 atom stereocenters. The van der Waals surface area contributed by atoms with Crippen LogP contribution in [0.4, 0.5) is 0 Å². The third kappa shape index (κ3) is 5.90. The van der Waals surface area contributed by atoms with E-state index >= 15 is 0 Å². The number of ether oxygens (including phenoxy) is 1. The SMILES string of the molecule is C/C(=C\C[C@]12O[C@]1(C)C(=O)c1ccccc1C2=O)CCC[C@H](C)CCC[C@@H](C)CCCC(C)C. The second kappa shape index (κ2) is 11.3. The summed E-state index contributed by atoms with van der Waals surface area (Å²) in [5.41, 5.74) is 0.297. The second-order valence-electron chi connectivity index (χ2n) is 11.8. The molecule has 0 radical (unpaired) electrons. The highest BCUT2D eigenvalue weighted by Crippen LogP contribution is 2.57. The van der Waals surface area contributed by atoms with Crippen molar-refractivity contribution in [2.75, 3.05) is 0 Å². The van der Waals surface area contributed by atoms with Crippen molar-refractivity contribution in [3.63, 3.8) is 0 Å². The predicted octanol–water partition coefficient (Wildman–Crippen LogP) is 8.37. The molecule has 1 aromatic rings. The third-order valence-corrected chi connectivity index (χ3v) is 8.20. The molecule has 3 heteroatoms. The van der Waals surface area contributed by atoms with Gasteiger partial charge in [-0.05, 0) is 44.4 Å². The molecule has 0 aromatic heterocycles. The number of epoxide rings is 1. The zero-order chi connectivity index (χ0) is 24.9. The van der Waals surface area contributed by atoms with Crippen LogP contribution in [0.25, 0.3) is 0 Å². The summed E-state index contributed by atoms with van der Waals surface area (Å²) in [6.45, 7) is 13.3. The lowest BCUT2D eigenvalue weighted by Gasteiger charge is -2.22. The van der Waals surface area contributed by atoms with Crippen molar-refractivity contribution in [2.24, 2.45) is 17.8 Å². The van der Waals surface area contributed by atoms with Gasteiger partial charge >= 0.3 is 0 Å². The van der Waals surface area contributed by atoms with Crippen molar-refractivity contribution >= 4 is 11.6 Å². The van der Waals surface area contributed by atoms with Gasteiger partial charge in [-0.1, -0.05) is 109 Å². The summed E-state index contributed by atoms with van der Waals surface area (Å²) < 4.78 is 5.91. The van der Waals surface area contributed by atoms with E-state index in [1.807, 2.05) is 12.1 Å². The average Bonchev–Trinajstić information content (AvgIpc) is 3.43. The number of carbonyl (C=O) groups excluding carboxylic acids is 2. The van der Waals surface area contributed by atoms with Gasteiger partial charge in [0.1, 0.15) is 0 Å². The number of ketones is 2. The lowest BCUT2D eigenvalue weighted by atomic mass is 9.73. The maximum atomic E-state index is 13.2. The number of rotatable bonds is 14. The van der Waals surface area contributed by atoms with E-state index in [2.05, 4.69) is 40.7 Å². The van der Waals surface area contributed by atoms with Crippen molar-refractivity contribution < 1.29 is 14.3 Å². The van der Waals surface area contributed by atoms with E-state index in [1.165, 1.54) is 56.9 Å². The first-order valence-corrected chi connectivity index (χ1v) is 13.6. The Morgan fingerprint density at radius 3 is 1.97 bits per heavy atom. The number of allylic oxidation sites excluding steroid dienone is 1. The fourth-order valence-corrected chi connectivity index (χ4v) is 5.63. The van der Waals surface area contributed by atoms with Crippen molar-refractivity contribution in [1.29, 1.82) is 0 Å². The first-order chi connectivity index (χ1) is 16.1. The molecule has 3 rings (SSSR count). The number of hydrogen-bond acceptors (Lipinski definition) is 3. The molecule has 1 saturated heterocycles. The van der Waals surface area contributed by atoms with E-state index in [1.54, 1.807) is 19.1 Å². The Morgan fingerprint density at radius 2 is 1.38 bits per heavy atom. The zero-order valence-corrected chi connectivity index (χ0v) is 22.4. The minimum Gasteiger partial charge on any atom is -0.345 e. The Labute approximate surface area is 207 Å². The number of hydrogen-bond donors (Lipinski definition) is 0. The summed E-state index contributed by atoms with van der Waals surface area (Å²) in [6, 6.07) is 7.12. The van der Waals surface area contributed by atoms with E-state index in [0.29, 0.717) is 17.5 Å². The lowest BCUT2D eigenvalue weighted by Crippen LogP contribution is -2.43. The smallest absolute Gasteiger partial charge is 0.199 e. The average molecular weight is 467 g/mol. The molecule has 0 spiro atoms. The predicted molar refractivity (Wildman–Crippen MR) is 140 cm³/mol. The number of fused-ring (bicyclic) bond motifs is 2. The monoisotopic (exact) mass is 466 g/mol. The highest BCUT2D eigenvalue weighted by Gasteiger charge is 2.77. The lowest BCUT2D eigenvalue weighted by molar-refractivity contribution is 0.0847. The van der Waals surface area contributed by atoms with Gasteiger partial charge in [0.25, 0.3) is 0 Å². The van der Waals surface area contributed by atoms with Gasteiger partial charge in [0.15, 0.2) is 22.8 Å². The van der Waals surface area contributed by atoms with Gasteiger partial charge in [0.05, 0.1) is 0 Å². The van der Waals surface area contributed by atoms with Crippen molar-refractivity contribution in [1.82, 2.24) is 0 Å². The topological polar surface area (TPSA) is 46.7 Å². The highest BCUT2D eigenvalue weighted by atomic mass is 16.6. The highest BCUT2D eigenvalue weighted by molar-refractivity contribution is 6.25. The molecule has 2 aliphatic rings. The largest absolute Gasteiger partial charge is 0.345 e. The normalized spacial score (nSPS) is 25.8. The first-order valence-electron chi connectivity index (χ1n) is 13.6. The Kier molecular flexibility index (Phi) is 8.95. The van der Waals surface area contributed by atoms with E-state index in [0.717, 1.165) is 24.2 Å². The van der Waals surface area contributed by atoms with Crippen LogP contribution in [-0.2, 0) is 4.74 Å². The number of carbonyl (C=O) groups is 2. The molecular weight excluding hydrogens is 420 g/mol. The number of benzene rings is 1. The van der Waals surface area contributed by atoms with Crippen LogP contribution in [0, 0.1) is 17.8 Å². The summed E-state index contributed by atoms with van der Waals surface area (Å²) in [5, 5.41) is 0. The van der Waals surface area contributed by atoms with Gasteiger partial charge in [-0.2, -0.15) is 0 Å². The van der Waals surface area contributed by atoms with Crippen LogP contribution in [0.1, 0.15) is 126 Å². The summed E-state index contributed by atoms with van der Waals surface area (Å²) >= 11 is 0. The van der Waals surface area contributed by atoms with Crippen LogP contribution < -0.4 is 0 Å². The fourth-order valence-electron chi connectivity index (χ4n) is 5.63. The van der Waals surface area contributed by atoms with Crippen LogP contribution in [0.3, 0.4) is 0 Å². The van der Waals surface area contributed by atoms with Crippen LogP contribution in [0.15, 0.2) is 35.9 Å². The van der Waals surface area contributed by atoms with E-state index in [-0.39, 0.29) is 11.6 Å². The molecule has 0 N–H and O–H groups in total. The molecule has 1 fully saturated rings. The minimum atomic E-state index is -1.00. The molecule has 34 heavy (non-hydrogen) atoms. The Morgan fingerprint density at radius 1 is 0.853 bits per heavy atom. The molecule has 1 aliphatic carbocycles. The van der Waals surface area contributed by atoms with Gasteiger partial charge in [-0.15, -0.1) is 0 Å². The molecule has 0 saturated carbocycles. The summed E-state index contributed by atoms with van der Waals surface area (Å²) in [4.78, 5) is 26.1. The maximum absolute atomic E-state index is 13.2. The Bertz CT molecular complexity index is 898. The molecular formula is C31H46O3. The molecule has 0 amide bonds. The van der Waals surface area contributed by atoms with Crippen LogP contribution in [0.5, 0.6) is 0 Å². The maximum Gasteiger partial charge on any atom is 0.199 e. The van der Waals surface area contributed by atoms with Crippen LogP contribution in [-0.4, -0.2) is 22.8 Å². The van der Waals surface area contributed by atoms with Gasteiger partial charge < -0.3 is 4.74 Å². The molecule has 1 heterocycles. The van der Waals surface area contributed by atoms with Gasteiger partial charge in [-0.25, -0.2) is 0 Å². The molecule has 188 valence electrons. The minimum absolute atomic E-state index is 0.0405. The van der Waals surface area contributed by atoms with E-state index in [9.17, 15) is 9.59 Å². The molecule has 0 bridgehead atoms. The van der Waals surface area contributed by atoms with E-state index < -0.39 is 11.2 Å². The number of Topliss-reactive ketones (excluding diaryl/α,β-unsaturated/α-hetero) is 2. The first kappa shape index (κ1) is 26.9. The van der Waals surface area contributed by atoms with Crippen molar-refractivity contribution in [2.45, 2.75) is 117 Å². The van der Waals surface area contributed by atoms with Gasteiger partial charge in [-0.3, -0.25) is 9.59 Å². The van der Waals surface area contributed by atoms with Crippen molar-refractivity contribution in [3.8, 4) is 0 Å². The summed E-state index contributed by atoms with van der Waals surface area (Å²) in [6.07, 6.45) is 14.2. The Balaban J connectivity index is 1.39. The van der Waals surface area contributed by atoms with Gasteiger partial charge in [0.2, 0.25) is 0 Å².